The Kier molecular flexibility index (Phi) is 5.08. The van der Waals surface area contributed by atoms with Gasteiger partial charge < -0.3 is 11.1 Å². The van der Waals surface area contributed by atoms with E-state index in [2.05, 4.69) is 15.3 Å². The molecule has 0 aliphatic rings. The number of thiophene rings is 1. The zero-order chi connectivity index (χ0) is 21.5. The van der Waals surface area contributed by atoms with Crippen molar-refractivity contribution in [3.8, 4) is 11.3 Å². The highest BCUT2D eigenvalue weighted by molar-refractivity contribution is 7.21. The fraction of sp³-hybridized carbons (Fsp3) is 0.0500. The number of anilines is 2. The van der Waals surface area contributed by atoms with Crippen molar-refractivity contribution >= 4 is 50.6 Å². The number of alkyl halides is 3. The van der Waals surface area contributed by atoms with Crippen LogP contribution in [0, 0.1) is 0 Å². The molecule has 0 atom stereocenters. The van der Waals surface area contributed by atoms with Gasteiger partial charge in [-0.25, -0.2) is 9.97 Å². The summed E-state index contributed by atoms with van der Waals surface area (Å²) in [6.07, 6.45) is -3.84. The van der Waals surface area contributed by atoms with Crippen molar-refractivity contribution < 1.29 is 18.0 Å². The van der Waals surface area contributed by atoms with Crippen molar-refractivity contribution in [3.05, 3.63) is 70.2 Å². The molecule has 30 heavy (non-hydrogen) atoms. The number of fused-ring (bicyclic) bond motifs is 1. The van der Waals surface area contributed by atoms with Crippen molar-refractivity contribution in [3.63, 3.8) is 0 Å². The van der Waals surface area contributed by atoms with Gasteiger partial charge in [0.05, 0.1) is 16.9 Å². The summed E-state index contributed by atoms with van der Waals surface area (Å²) in [4.78, 5) is 21.6. The average molecular weight is 449 g/mol. The van der Waals surface area contributed by atoms with Gasteiger partial charge in [-0.05, 0) is 36.4 Å². The third-order valence-electron chi connectivity index (χ3n) is 4.27. The maximum atomic E-state index is 12.6. The topological polar surface area (TPSA) is 80.9 Å². The molecule has 0 radical (unpaired) electrons. The second-order valence-corrected chi connectivity index (χ2v) is 7.72. The fourth-order valence-corrected chi connectivity index (χ4v) is 3.87. The molecule has 10 heteroatoms. The van der Waals surface area contributed by atoms with Crippen LogP contribution >= 0.6 is 22.9 Å². The summed E-state index contributed by atoms with van der Waals surface area (Å²) in [6.45, 7) is 0. The standard InChI is InChI=1S/C20H12ClF3N4OS/c21-12-4-1-10(2-5-12)14-7-6-13-16(25)17(30-19(13)27-14)18(29)28-15-8-3-11(9-26-15)20(22,23)24/h1-9H,25H2,(H,26,28,29). The van der Waals surface area contributed by atoms with Crippen LogP contribution in [0.25, 0.3) is 21.5 Å². The molecule has 0 spiro atoms. The van der Waals surface area contributed by atoms with Crippen LogP contribution in [0.2, 0.25) is 5.02 Å². The molecule has 5 nitrogen and oxygen atoms in total. The van der Waals surface area contributed by atoms with Crippen LogP contribution in [0.1, 0.15) is 15.2 Å². The fourth-order valence-electron chi connectivity index (χ4n) is 2.76. The van der Waals surface area contributed by atoms with Gasteiger partial charge in [0, 0.05) is 22.2 Å². The van der Waals surface area contributed by atoms with Gasteiger partial charge in [-0.15, -0.1) is 11.3 Å². The first-order valence-corrected chi connectivity index (χ1v) is 9.71. The predicted octanol–water partition coefficient (Wildman–Crippen LogP) is 5.87. The summed E-state index contributed by atoms with van der Waals surface area (Å²) in [7, 11) is 0. The SMILES string of the molecule is Nc1c(C(=O)Nc2ccc(C(F)(F)F)cn2)sc2nc(-c3ccc(Cl)cc3)ccc12. The van der Waals surface area contributed by atoms with Crippen LogP contribution < -0.4 is 11.1 Å². The number of pyridine rings is 2. The minimum Gasteiger partial charge on any atom is -0.397 e. The monoisotopic (exact) mass is 448 g/mol. The number of hydrogen-bond acceptors (Lipinski definition) is 5. The number of amides is 1. The second kappa shape index (κ2) is 7.58. The van der Waals surface area contributed by atoms with E-state index in [1.165, 1.54) is 0 Å². The van der Waals surface area contributed by atoms with E-state index in [4.69, 9.17) is 17.3 Å². The molecule has 0 bridgehead atoms. The molecule has 0 saturated carbocycles. The molecule has 0 aliphatic carbocycles. The number of aromatic nitrogens is 2. The van der Waals surface area contributed by atoms with Crippen LogP contribution in [0.4, 0.5) is 24.7 Å². The summed E-state index contributed by atoms with van der Waals surface area (Å²) < 4.78 is 37.9. The number of nitrogens with one attached hydrogen (secondary N) is 1. The highest BCUT2D eigenvalue weighted by atomic mass is 35.5. The van der Waals surface area contributed by atoms with Gasteiger partial charge in [0.1, 0.15) is 15.5 Å². The molecule has 4 aromatic rings. The van der Waals surface area contributed by atoms with Gasteiger partial charge >= 0.3 is 6.18 Å². The first-order valence-electron chi connectivity index (χ1n) is 8.52. The van der Waals surface area contributed by atoms with E-state index >= 15 is 0 Å². The van der Waals surface area contributed by atoms with Crippen molar-refractivity contribution in [1.82, 2.24) is 9.97 Å². The van der Waals surface area contributed by atoms with Gasteiger partial charge in [0.25, 0.3) is 5.91 Å². The summed E-state index contributed by atoms with van der Waals surface area (Å²) in [5.41, 5.74) is 7.00. The van der Waals surface area contributed by atoms with Crippen LogP contribution in [0.15, 0.2) is 54.7 Å². The van der Waals surface area contributed by atoms with Crippen LogP contribution in [0.5, 0.6) is 0 Å². The third kappa shape index (κ3) is 3.94. The Labute approximate surface area is 177 Å². The number of rotatable bonds is 3. The number of hydrogen-bond donors (Lipinski definition) is 2. The van der Waals surface area contributed by atoms with Crippen molar-refractivity contribution in [2.45, 2.75) is 6.18 Å². The van der Waals surface area contributed by atoms with Gasteiger partial charge in [-0.3, -0.25) is 4.79 Å². The molecular weight excluding hydrogens is 437 g/mol. The summed E-state index contributed by atoms with van der Waals surface area (Å²) in [5, 5.41) is 3.68. The van der Waals surface area contributed by atoms with Crippen LogP contribution in [-0.4, -0.2) is 15.9 Å². The van der Waals surface area contributed by atoms with Crippen LogP contribution in [0.3, 0.4) is 0 Å². The molecule has 3 heterocycles. The summed E-state index contributed by atoms with van der Waals surface area (Å²) >= 11 is 7.00. The van der Waals surface area contributed by atoms with Gasteiger partial charge in [-0.2, -0.15) is 13.2 Å². The molecular formula is C20H12ClF3N4OS. The quantitative estimate of drug-likeness (QED) is 0.411. The van der Waals surface area contributed by atoms with E-state index < -0.39 is 17.6 Å². The van der Waals surface area contributed by atoms with Crippen molar-refractivity contribution in [1.29, 1.82) is 0 Å². The lowest BCUT2D eigenvalue weighted by atomic mass is 10.1. The molecule has 1 amide bonds. The number of nitrogens with two attached hydrogens (primary N) is 1. The highest BCUT2D eigenvalue weighted by Crippen LogP contribution is 2.35. The Morgan fingerprint density at radius 1 is 1.07 bits per heavy atom. The number of halogens is 4. The minimum atomic E-state index is -4.50. The van der Waals surface area contributed by atoms with E-state index in [1.54, 1.807) is 24.3 Å². The number of carbonyl (C=O) groups is 1. The van der Waals surface area contributed by atoms with Gasteiger partial charge in [0.15, 0.2) is 0 Å². The highest BCUT2D eigenvalue weighted by Gasteiger charge is 2.30. The Morgan fingerprint density at radius 2 is 1.80 bits per heavy atom. The molecule has 0 aliphatic heterocycles. The number of nitrogen functional groups attached to an aromatic ring is 1. The van der Waals surface area contributed by atoms with Gasteiger partial charge in [-0.1, -0.05) is 23.7 Å². The summed E-state index contributed by atoms with van der Waals surface area (Å²) in [6, 6.07) is 12.6. The van der Waals surface area contributed by atoms with E-state index in [-0.39, 0.29) is 16.4 Å². The Morgan fingerprint density at radius 3 is 2.43 bits per heavy atom. The molecule has 0 unspecified atom stereocenters. The normalized spacial score (nSPS) is 11.6. The smallest absolute Gasteiger partial charge is 0.397 e. The zero-order valence-electron chi connectivity index (χ0n) is 15.0. The Hall–Kier alpha value is -3.17. The third-order valence-corrected chi connectivity index (χ3v) is 5.64. The average Bonchev–Trinajstić information content (AvgIpc) is 3.04. The number of benzene rings is 1. The molecule has 0 fully saturated rings. The maximum Gasteiger partial charge on any atom is 0.417 e. The Balaban J connectivity index is 1.61. The number of carbonyl (C=O) groups excluding carboxylic acids is 1. The van der Waals surface area contributed by atoms with Crippen molar-refractivity contribution in [2.75, 3.05) is 11.1 Å². The Bertz CT molecular complexity index is 1240. The lowest BCUT2D eigenvalue weighted by Crippen LogP contribution is -2.13. The first-order chi connectivity index (χ1) is 14.2. The minimum absolute atomic E-state index is 0.0142. The molecule has 3 aromatic heterocycles. The molecule has 3 N–H and O–H groups in total. The van der Waals surface area contributed by atoms with E-state index in [1.807, 2.05) is 12.1 Å². The molecule has 0 saturated heterocycles. The predicted molar refractivity (Wildman–Crippen MR) is 112 cm³/mol. The van der Waals surface area contributed by atoms with Crippen molar-refractivity contribution in [2.24, 2.45) is 0 Å². The maximum absolute atomic E-state index is 12.6. The molecule has 4 rings (SSSR count). The van der Waals surface area contributed by atoms with E-state index in [0.29, 0.717) is 27.1 Å². The van der Waals surface area contributed by atoms with E-state index in [9.17, 15) is 18.0 Å². The van der Waals surface area contributed by atoms with Gasteiger partial charge in [0.2, 0.25) is 0 Å². The van der Waals surface area contributed by atoms with E-state index in [0.717, 1.165) is 29.0 Å². The first kappa shape index (κ1) is 20.1. The largest absolute Gasteiger partial charge is 0.417 e. The number of nitrogens with zero attached hydrogens (tertiary/aromatic N) is 2. The lowest BCUT2D eigenvalue weighted by molar-refractivity contribution is -0.137. The molecule has 152 valence electrons. The van der Waals surface area contributed by atoms with Crippen LogP contribution in [-0.2, 0) is 6.18 Å². The zero-order valence-corrected chi connectivity index (χ0v) is 16.6. The lowest BCUT2D eigenvalue weighted by Gasteiger charge is -2.07. The second-order valence-electron chi connectivity index (χ2n) is 6.28. The summed E-state index contributed by atoms with van der Waals surface area (Å²) in [5.74, 6) is -0.588. The molecule has 1 aromatic carbocycles.